The largest absolute Gasteiger partial charge is 0.345 e. The lowest BCUT2D eigenvalue weighted by atomic mass is 10.1. The molecule has 1 aromatic heterocycles. The number of aromatic nitrogens is 1. The Balaban J connectivity index is 1.45. The van der Waals surface area contributed by atoms with Crippen LogP contribution < -0.4 is 5.73 Å². The van der Waals surface area contributed by atoms with E-state index in [0.29, 0.717) is 13.1 Å². The molecular formula is C25H36N4O2. The maximum atomic E-state index is 13.5. The molecule has 2 saturated heterocycles. The quantitative estimate of drug-likeness (QED) is 0.742. The van der Waals surface area contributed by atoms with Crippen molar-refractivity contribution in [3.8, 4) is 0 Å². The van der Waals surface area contributed by atoms with Gasteiger partial charge in [0.05, 0.1) is 0 Å². The summed E-state index contributed by atoms with van der Waals surface area (Å²) < 4.78 is 2.39. The second kappa shape index (κ2) is 9.43. The van der Waals surface area contributed by atoms with Crippen molar-refractivity contribution in [2.45, 2.75) is 71.0 Å². The van der Waals surface area contributed by atoms with Crippen molar-refractivity contribution in [2.75, 3.05) is 19.6 Å². The lowest BCUT2D eigenvalue weighted by Crippen LogP contribution is -2.51. The van der Waals surface area contributed by atoms with E-state index in [2.05, 4.69) is 46.7 Å². The number of fused-ring (bicyclic) bond motifs is 1. The highest BCUT2D eigenvalue weighted by Gasteiger charge is 2.40. The molecule has 31 heavy (non-hydrogen) atoms. The van der Waals surface area contributed by atoms with Crippen LogP contribution in [0.25, 0.3) is 10.9 Å². The Bertz CT molecular complexity index is 937. The SMILES string of the molecule is CCn1c(CC[C@@H]2CCCN2C(=O)[C@H]2CCCN2C(=O)C(C)CN)cc2ccccc21. The molecule has 2 N–H and O–H groups in total. The topological polar surface area (TPSA) is 71.6 Å². The van der Waals surface area contributed by atoms with Crippen molar-refractivity contribution < 1.29 is 9.59 Å². The Hall–Kier alpha value is -2.34. The normalized spacial score (nSPS) is 22.4. The second-order valence-electron chi connectivity index (χ2n) is 9.13. The molecule has 0 saturated carbocycles. The molecular weight excluding hydrogens is 388 g/mol. The molecule has 3 heterocycles. The number of rotatable bonds is 7. The lowest BCUT2D eigenvalue weighted by molar-refractivity contribution is -0.146. The van der Waals surface area contributed by atoms with E-state index in [4.69, 9.17) is 5.73 Å². The molecule has 0 aliphatic carbocycles. The monoisotopic (exact) mass is 424 g/mol. The van der Waals surface area contributed by atoms with E-state index in [0.717, 1.165) is 51.6 Å². The van der Waals surface area contributed by atoms with Gasteiger partial charge in [-0.3, -0.25) is 9.59 Å². The standard InChI is InChI=1S/C25H36N4O2/c1-3-27-21(16-19-8-4-5-10-22(19)27)13-12-20-9-6-14-28(20)25(31)23-11-7-15-29(23)24(30)18(2)17-26/h4-5,8,10,16,18,20,23H,3,6-7,9,11-15,17,26H2,1-2H3/t18?,20-,23+/m0/s1. The molecule has 0 bridgehead atoms. The molecule has 0 radical (unpaired) electrons. The molecule has 0 spiro atoms. The van der Waals surface area contributed by atoms with Gasteiger partial charge in [0.2, 0.25) is 11.8 Å². The Morgan fingerprint density at radius 2 is 1.87 bits per heavy atom. The van der Waals surface area contributed by atoms with Crippen LogP contribution in [0.5, 0.6) is 0 Å². The Kier molecular flexibility index (Phi) is 6.65. The molecule has 3 atom stereocenters. The van der Waals surface area contributed by atoms with E-state index in [-0.39, 0.29) is 29.8 Å². The third-order valence-electron chi connectivity index (χ3n) is 7.20. The van der Waals surface area contributed by atoms with Gasteiger partial charge in [-0.2, -0.15) is 0 Å². The summed E-state index contributed by atoms with van der Waals surface area (Å²) in [5.41, 5.74) is 8.34. The summed E-state index contributed by atoms with van der Waals surface area (Å²) in [7, 11) is 0. The van der Waals surface area contributed by atoms with E-state index in [9.17, 15) is 9.59 Å². The maximum Gasteiger partial charge on any atom is 0.245 e. The molecule has 168 valence electrons. The van der Waals surface area contributed by atoms with Gasteiger partial charge in [-0.15, -0.1) is 0 Å². The number of hydrogen-bond acceptors (Lipinski definition) is 3. The van der Waals surface area contributed by atoms with Crippen LogP contribution in [0.3, 0.4) is 0 Å². The summed E-state index contributed by atoms with van der Waals surface area (Å²) in [5.74, 6) is -0.0473. The Morgan fingerprint density at radius 3 is 2.65 bits per heavy atom. The fourth-order valence-electron chi connectivity index (χ4n) is 5.45. The van der Waals surface area contributed by atoms with Crippen LogP contribution in [0.4, 0.5) is 0 Å². The summed E-state index contributed by atoms with van der Waals surface area (Å²) >= 11 is 0. The second-order valence-corrected chi connectivity index (χ2v) is 9.13. The Labute approximate surface area is 185 Å². The van der Waals surface area contributed by atoms with Crippen molar-refractivity contribution in [1.82, 2.24) is 14.4 Å². The van der Waals surface area contributed by atoms with Crippen LogP contribution in [0.2, 0.25) is 0 Å². The summed E-state index contributed by atoms with van der Waals surface area (Å²) in [6.45, 7) is 6.81. The highest BCUT2D eigenvalue weighted by Crippen LogP contribution is 2.29. The van der Waals surface area contributed by atoms with E-state index in [1.54, 1.807) is 4.90 Å². The molecule has 4 rings (SSSR count). The van der Waals surface area contributed by atoms with Crippen LogP contribution in [-0.2, 0) is 22.6 Å². The molecule has 1 aromatic carbocycles. The van der Waals surface area contributed by atoms with Crippen molar-refractivity contribution >= 4 is 22.7 Å². The van der Waals surface area contributed by atoms with Gasteiger partial charge in [-0.25, -0.2) is 0 Å². The number of carbonyl (C=O) groups excluding carboxylic acids is 2. The van der Waals surface area contributed by atoms with Gasteiger partial charge in [-0.1, -0.05) is 25.1 Å². The van der Waals surface area contributed by atoms with Gasteiger partial charge in [0.15, 0.2) is 0 Å². The molecule has 6 nitrogen and oxygen atoms in total. The van der Waals surface area contributed by atoms with Crippen LogP contribution >= 0.6 is 0 Å². The third kappa shape index (κ3) is 4.22. The van der Waals surface area contributed by atoms with Gasteiger partial charge >= 0.3 is 0 Å². The first-order valence-electron chi connectivity index (χ1n) is 11.9. The number of nitrogens with two attached hydrogens (primary N) is 1. The predicted molar refractivity (Wildman–Crippen MR) is 124 cm³/mol. The minimum Gasteiger partial charge on any atom is -0.345 e. The highest BCUT2D eigenvalue weighted by molar-refractivity contribution is 5.89. The van der Waals surface area contributed by atoms with Gasteiger partial charge < -0.3 is 20.1 Å². The Morgan fingerprint density at radius 1 is 1.13 bits per heavy atom. The van der Waals surface area contributed by atoms with Gasteiger partial charge in [0, 0.05) is 49.3 Å². The van der Waals surface area contributed by atoms with Gasteiger partial charge in [0.25, 0.3) is 0 Å². The smallest absolute Gasteiger partial charge is 0.245 e. The molecule has 2 aromatic rings. The van der Waals surface area contributed by atoms with Crippen molar-refractivity contribution in [3.63, 3.8) is 0 Å². The summed E-state index contributed by atoms with van der Waals surface area (Å²) in [6.07, 6.45) is 5.71. The average molecular weight is 425 g/mol. The van der Waals surface area contributed by atoms with Gasteiger partial charge in [0.1, 0.15) is 6.04 Å². The van der Waals surface area contributed by atoms with E-state index < -0.39 is 0 Å². The summed E-state index contributed by atoms with van der Waals surface area (Å²) in [4.78, 5) is 30.0. The van der Waals surface area contributed by atoms with Crippen LogP contribution in [0.1, 0.15) is 51.6 Å². The van der Waals surface area contributed by atoms with Crippen molar-refractivity contribution in [2.24, 2.45) is 11.7 Å². The van der Waals surface area contributed by atoms with Crippen LogP contribution in [0, 0.1) is 5.92 Å². The van der Waals surface area contributed by atoms with E-state index in [1.807, 2.05) is 6.92 Å². The minimum absolute atomic E-state index is 0.0292. The number of hydrogen-bond donors (Lipinski definition) is 1. The van der Waals surface area contributed by atoms with Crippen molar-refractivity contribution in [1.29, 1.82) is 0 Å². The summed E-state index contributed by atoms with van der Waals surface area (Å²) in [5, 5.41) is 1.29. The molecule has 2 amide bonds. The first kappa shape index (κ1) is 21.9. The van der Waals surface area contributed by atoms with E-state index >= 15 is 0 Å². The highest BCUT2D eigenvalue weighted by atomic mass is 16.2. The zero-order chi connectivity index (χ0) is 22.0. The molecule has 2 aliphatic rings. The number of amides is 2. The summed E-state index contributed by atoms with van der Waals surface area (Å²) in [6, 6.07) is 10.8. The number of benzene rings is 1. The molecule has 2 fully saturated rings. The molecule has 1 unspecified atom stereocenters. The number of nitrogens with zero attached hydrogens (tertiary/aromatic N) is 3. The number of aryl methyl sites for hydroxylation is 2. The first-order chi connectivity index (χ1) is 15.0. The number of carbonyl (C=O) groups is 2. The predicted octanol–water partition coefficient (Wildman–Crippen LogP) is 3.17. The zero-order valence-corrected chi connectivity index (χ0v) is 18.9. The fourth-order valence-corrected chi connectivity index (χ4v) is 5.45. The van der Waals surface area contributed by atoms with Crippen LogP contribution in [-0.4, -0.2) is 57.9 Å². The zero-order valence-electron chi connectivity index (χ0n) is 18.9. The third-order valence-corrected chi connectivity index (χ3v) is 7.20. The first-order valence-corrected chi connectivity index (χ1v) is 11.9. The number of likely N-dealkylation sites (tertiary alicyclic amines) is 2. The minimum atomic E-state index is -0.302. The molecule has 6 heteroatoms. The fraction of sp³-hybridized carbons (Fsp3) is 0.600. The van der Waals surface area contributed by atoms with Crippen LogP contribution in [0.15, 0.2) is 30.3 Å². The van der Waals surface area contributed by atoms with Gasteiger partial charge in [-0.05, 0) is 63.0 Å². The number of para-hydroxylation sites is 1. The molecule has 2 aliphatic heterocycles. The van der Waals surface area contributed by atoms with Crippen molar-refractivity contribution in [3.05, 3.63) is 36.0 Å². The average Bonchev–Trinajstić information content (AvgIpc) is 3.53. The van der Waals surface area contributed by atoms with E-state index in [1.165, 1.54) is 16.6 Å². The lowest BCUT2D eigenvalue weighted by Gasteiger charge is -2.32. The maximum absolute atomic E-state index is 13.5.